The first-order valence-corrected chi connectivity index (χ1v) is 8.65. The number of nitrogens with zero attached hydrogens (tertiary/aromatic N) is 1. The van der Waals surface area contributed by atoms with Crippen molar-refractivity contribution in [3.63, 3.8) is 0 Å². The highest BCUT2D eigenvalue weighted by molar-refractivity contribution is 5.75. The molecule has 1 aliphatic heterocycles. The zero-order valence-electron chi connectivity index (χ0n) is 15.4. The van der Waals surface area contributed by atoms with Crippen LogP contribution in [0.5, 0.6) is 0 Å². The number of carbonyl (C=O) groups excluding carboxylic acids is 1. The fraction of sp³-hybridized carbons (Fsp3) is 0.722. The first kappa shape index (κ1) is 18.8. The smallest absolute Gasteiger partial charge is 0.318 e. The molecule has 2 heterocycles. The summed E-state index contributed by atoms with van der Waals surface area (Å²) in [4.78, 5) is 14.5. The van der Waals surface area contributed by atoms with Crippen LogP contribution < -0.4 is 5.32 Å². The molecule has 1 fully saturated rings. The maximum Gasteiger partial charge on any atom is 0.318 e. The highest BCUT2D eigenvalue weighted by Crippen LogP contribution is 2.26. The maximum absolute atomic E-state index is 12.7. The Bertz CT molecular complexity index is 541. The van der Waals surface area contributed by atoms with E-state index in [2.05, 4.69) is 5.32 Å². The van der Waals surface area contributed by atoms with Gasteiger partial charge in [0.05, 0.1) is 18.8 Å². The standard InChI is InChI=1S/C18H30N2O4/c1-6-14-7-8-16(24-14)15-12-23-10-9-20(15)17(21)19-13(2)11-18(3,4)22-5/h7-8,13,15H,6,9-12H2,1-5H3,(H,19,21). The Morgan fingerprint density at radius 1 is 1.50 bits per heavy atom. The molecule has 0 saturated carbocycles. The van der Waals surface area contributed by atoms with Crippen LogP contribution in [0.4, 0.5) is 4.79 Å². The highest BCUT2D eigenvalue weighted by atomic mass is 16.5. The van der Waals surface area contributed by atoms with Crippen molar-refractivity contribution in [3.05, 3.63) is 23.7 Å². The Hall–Kier alpha value is -1.53. The summed E-state index contributed by atoms with van der Waals surface area (Å²) in [6.45, 7) is 9.63. The topological polar surface area (TPSA) is 63.9 Å². The van der Waals surface area contributed by atoms with Crippen molar-refractivity contribution in [2.24, 2.45) is 0 Å². The zero-order valence-corrected chi connectivity index (χ0v) is 15.4. The van der Waals surface area contributed by atoms with Gasteiger partial charge in [0.2, 0.25) is 0 Å². The molecule has 0 bridgehead atoms. The number of morpholine rings is 1. The van der Waals surface area contributed by atoms with Crippen LogP contribution in [-0.2, 0) is 15.9 Å². The van der Waals surface area contributed by atoms with Crippen LogP contribution in [0.15, 0.2) is 16.5 Å². The Morgan fingerprint density at radius 2 is 2.25 bits per heavy atom. The van der Waals surface area contributed by atoms with Crippen LogP contribution in [0.25, 0.3) is 0 Å². The van der Waals surface area contributed by atoms with E-state index in [0.29, 0.717) is 19.8 Å². The van der Waals surface area contributed by atoms with Gasteiger partial charge in [-0.15, -0.1) is 0 Å². The number of aryl methyl sites for hydroxylation is 1. The average molecular weight is 338 g/mol. The molecule has 2 amide bonds. The van der Waals surface area contributed by atoms with Crippen LogP contribution >= 0.6 is 0 Å². The van der Waals surface area contributed by atoms with Crippen LogP contribution in [0.2, 0.25) is 0 Å². The second-order valence-corrected chi connectivity index (χ2v) is 6.96. The monoisotopic (exact) mass is 338 g/mol. The number of methoxy groups -OCH3 is 1. The SMILES string of the molecule is CCc1ccc(C2COCCN2C(=O)NC(C)CC(C)(C)OC)o1. The van der Waals surface area contributed by atoms with E-state index in [0.717, 1.165) is 24.4 Å². The summed E-state index contributed by atoms with van der Waals surface area (Å²) in [6, 6.07) is 3.65. The van der Waals surface area contributed by atoms with Crippen molar-refractivity contribution in [1.82, 2.24) is 10.2 Å². The number of ether oxygens (including phenoxy) is 2. The number of hydrogen-bond acceptors (Lipinski definition) is 4. The van der Waals surface area contributed by atoms with Gasteiger partial charge < -0.3 is 24.1 Å². The molecule has 2 unspecified atom stereocenters. The molecule has 24 heavy (non-hydrogen) atoms. The lowest BCUT2D eigenvalue weighted by molar-refractivity contribution is -0.00170. The largest absolute Gasteiger partial charge is 0.464 e. The molecule has 1 aliphatic rings. The van der Waals surface area contributed by atoms with E-state index in [1.807, 2.05) is 39.8 Å². The summed E-state index contributed by atoms with van der Waals surface area (Å²) < 4.78 is 16.8. The minimum Gasteiger partial charge on any atom is -0.464 e. The summed E-state index contributed by atoms with van der Waals surface area (Å²) in [6.07, 6.45) is 1.58. The van der Waals surface area contributed by atoms with E-state index in [4.69, 9.17) is 13.9 Å². The Labute approximate surface area is 144 Å². The Morgan fingerprint density at radius 3 is 2.88 bits per heavy atom. The third-order valence-corrected chi connectivity index (χ3v) is 4.47. The van der Waals surface area contributed by atoms with Gasteiger partial charge in [-0.1, -0.05) is 6.92 Å². The lowest BCUT2D eigenvalue weighted by atomic mass is 10.00. The molecule has 6 nitrogen and oxygen atoms in total. The van der Waals surface area contributed by atoms with Crippen LogP contribution in [0.1, 0.15) is 51.7 Å². The van der Waals surface area contributed by atoms with E-state index in [1.165, 1.54) is 0 Å². The molecule has 6 heteroatoms. The van der Waals surface area contributed by atoms with Gasteiger partial charge in [-0.2, -0.15) is 0 Å². The van der Waals surface area contributed by atoms with Crippen LogP contribution in [-0.4, -0.2) is 49.4 Å². The van der Waals surface area contributed by atoms with Gasteiger partial charge in [0.25, 0.3) is 0 Å². The molecule has 1 aromatic rings. The number of rotatable bonds is 6. The van der Waals surface area contributed by atoms with Crippen molar-refractivity contribution < 1.29 is 18.7 Å². The molecule has 1 aromatic heterocycles. The number of carbonyl (C=O) groups is 1. The quantitative estimate of drug-likeness (QED) is 0.865. The summed E-state index contributed by atoms with van der Waals surface area (Å²) in [5.74, 6) is 1.71. The second-order valence-electron chi connectivity index (χ2n) is 6.96. The third kappa shape index (κ3) is 4.74. The minimum atomic E-state index is -0.270. The first-order chi connectivity index (χ1) is 11.4. The van der Waals surface area contributed by atoms with Gasteiger partial charge in [0, 0.05) is 26.1 Å². The lowest BCUT2D eigenvalue weighted by Gasteiger charge is -2.36. The number of hydrogen-bond donors (Lipinski definition) is 1. The van der Waals surface area contributed by atoms with Crippen molar-refractivity contribution in [1.29, 1.82) is 0 Å². The second kappa shape index (κ2) is 8.03. The minimum absolute atomic E-state index is 0.0127. The van der Waals surface area contributed by atoms with Gasteiger partial charge in [-0.25, -0.2) is 4.79 Å². The summed E-state index contributed by atoms with van der Waals surface area (Å²) >= 11 is 0. The fourth-order valence-electron chi connectivity index (χ4n) is 3.01. The molecule has 2 atom stereocenters. The number of urea groups is 1. The molecule has 136 valence electrons. The average Bonchev–Trinajstić information content (AvgIpc) is 3.03. The molecule has 0 radical (unpaired) electrons. The van der Waals surface area contributed by atoms with Gasteiger partial charge in [-0.3, -0.25) is 0 Å². The predicted octanol–water partition coefficient (Wildman–Crippen LogP) is 3.13. The van der Waals surface area contributed by atoms with Crippen molar-refractivity contribution in [2.45, 2.75) is 58.2 Å². The summed E-state index contributed by atoms with van der Waals surface area (Å²) in [5, 5.41) is 3.07. The van der Waals surface area contributed by atoms with Crippen molar-refractivity contribution in [2.75, 3.05) is 26.9 Å². The Balaban J connectivity index is 2.02. The van der Waals surface area contributed by atoms with Crippen LogP contribution in [0, 0.1) is 0 Å². The Kier molecular flexibility index (Phi) is 6.29. The molecule has 2 rings (SSSR count). The molecule has 1 saturated heterocycles. The van der Waals surface area contributed by atoms with Gasteiger partial charge in [0.15, 0.2) is 0 Å². The van der Waals surface area contributed by atoms with Gasteiger partial charge >= 0.3 is 6.03 Å². The van der Waals surface area contributed by atoms with E-state index < -0.39 is 0 Å². The number of amides is 2. The van der Waals surface area contributed by atoms with Crippen molar-refractivity contribution in [3.8, 4) is 0 Å². The number of furan rings is 1. The third-order valence-electron chi connectivity index (χ3n) is 4.47. The van der Waals surface area contributed by atoms with E-state index in [-0.39, 0.29) is 23.7 Å². The molecular formula is C18H30N2O4. The molecule has 0 aliphatic carbocycles. The lowest BCUT2D eigenvalue weighted by Crippen LogP contribution is -2.51. The predicted molar refractivity (Wildman–Crippen MR) is 92.1 cm³/mol. The highest BCUT2D eigenvalue weighted by Gasteiger charge is 2.32. The molecule has 0 aromatic carbocycles. The normalized spacial score (nSPS) is 20.0. The molecular weight excluding hydrogens is 308 g/mol. The van der Waals surface area contributed by atoms with E-state index in [1.54, 1.807) is 12.0 Å². The number of nitrogens with one attached hydrogen (secondary N) is 1. The summed E-state index contributed by atoms with van der Waals surface area (Å²) in [5.41, 5.74) is -0.270. The molecule has 0 spiro atoms. The fourth-order valence-corrected chi connectivity index (χ4v) is 3.01. The summed E-state index contributed by atoms with van der Waals surface area (Å²) in [7, 11) is 1.69. The van der Waals surface area contributed by atoms with Crippen LogP contribution in [0.3, 0.4) is 0 Å². The van der Waals surface area contributed by atoms with Gasteiger partial charge in [-0.05, 0) is 39.3 Å². The van der Waals surface area contributed by atoms with E-state index in [9.17, 15) is 4.79 Å². The maximum atomic E-state index is 12.7. The van der Waals surface area contributed by atoms with Crippen molar-refractivity contribution >= 4 is 6.03 Å². The van der Waals surface area contributed by atoms with E-state index >= 15 is 0 Å². The first-order valence-electron chi connectivity index (χ1n) is 8.65. The zero-order chi connectivity index (χ0) is 17.7. The van der Waals surface area contributed by atoms with Gasteiger partial charge in [0.1, 0.15) is 17.6 Å². The molecule has 1 N–H and O–H groups in total.